The number of hydrogen-bond acceptors (Lipinski definition) is 10. The summed E-state index contributed by atoms with van der Waals surface area (Å²) in [5.74, 6) is 1.29. The second kappa shape index (κ2) is 13.7. The monoisotopic (exact) mass is 584 g/mol. The molecule has 226 valence electrons. The number of methoxy groups -OCH3 is 2. The number of aromatic hydroxyl groups is 1. The van der Waals surface area contributed by atoms with Crippen LogP contribution in [0.3, 0.4) is 0 Å². The summed E-state index contributed by atoms with van der Waals surface area (Å²) in [4.78, 5) is 12.5. The Balaban J connectivity index is 1.40. The van der Waals surface area contributed by atoms with Crippen molar-refractivity contribution in [3.63, 3.8) is 0 Å². The number of amides is 2. The van der Waals surface area contributed by atoms with Crippen LogP contribution in [0.2, 0.25) is 0 Å². The number of hydrogen-bond donors (Lipinski definition) is 7. The molecular weight excluding hydrogens is 548 g/mol. The van der Waals surface area contributed by atoms with Gasteiger partial charge in [-0.25, -0.2) is 4.79 Å². The third-order valence-corrected chi connectivity index (χ3v) is 7.00. The SMILES string of the molecule is COc1ccc(CNC(=O)Nc2ccc(Cc3c(C)cc(O)cc3O[C@@H]3O[C@H](CO)[C@@H](O)[C@H](O)[C@H]3O)cc2)cc1OC. The number of aliphatic hydroxyl groups excluding tert-OH is 4. The van der Waals surface area contributed by atoms with Crippen molar-refractivity contribution in [1.29, 1.82) is 0 Å². The Morgan fingerprint density at radius 2 is 1.57 bits per heavy atom. The van der Waals surface area contributed by atoms with Crippen LogP contribution in [0, 0.1) is 6.92 Å². The molecule has 1 aliphatic heterocycles. The Kier molecular flexibility index (Phi) is 10.1. The minimum absolute atomic E-state index is 0.0746. The van der Waals surface area contributed by atoms with E-state index in [-0.39, 0.29) is 24.1 Å². The van der Waals surface area contributed by atoms with E-state index in [4.69, 9.17) is 18.9 Å². The first-order valence-electron chi connectivity index (χ1n) is 13.3. The van der Waals surface area contributed by atoms with Gasteiger partial charge in [0.1, 0.15) is 35.9 Å². The standard InChI is InChI=1S/C30H36N2O10/c1-16-10-20(34)13-23(41-29-28(37)27(36)26(35)25(15-33)42-29)21(16)11-17-4-7-19(8-5-17)32-30(38)31-14-18-6-9-22(39-2)24(12-18)40-3/h4-10,12-13,25-29,33-37H,11,14-15H2,1-3H3,(H2,31,32,38)/t25-,26-,27+,28-,29-/m1/s1. The van der Waals surface area contributed by atoms with E-state index in [1.165, 1.54) is 6.07 Å². The van der Waals surface area contributed by atoms with Gasteiger partial charge in [-0.2, -0.15) is 0 Å². The Labute approximate surface area is 243 Å². The van der Waals surface area contributed by atoms with Gasteiger partial charge in [-0.15, -0.1) is 0 Å². The molecule has 0 radical (unpaired) electrons. The molecule has 0 aromatic heterocycles. The fraction of sp³-hybridized carbons (Fsp3) is 0.367. The Hall–Kier alpha value is -4.07. The van der Waals surface area contributed by atoms with Crippen LogP contribution in [0.5, 0.6) is 23.0 Å². The smallest absolute Gasteiger partial charge is 0.319 e. The summed E-state index contributed by atoms with van der Waals surface area (Å²) in [5, 5.41) is 55.8. The van der Waals surface area contributed by atoms with Crippen LogP contribution in [0.25, 0.3) is 0 Å². The highest BCUT2D eigenvalue weighted by molar-refractivity contribution is 5.89. The summed E-state index contributed by atoms with van der Waals surface area (Å²) in [5.41, 5.74) is 3.65. The zero-order valence-corrected chi connectivity index (χ0v) is 23.5. The molecule has 0 unspecified atom stereocenters. The number of anilines is 1. The number of rotatable bonds is 10. The maximum Gasteiger partial charge on any atom is 0.319 e. The van der Waals surface area contributed by atoms with Gasteiger partial charge >= 0.3 is 6.03 Å². The highest BCUT2D eigenvalue weighted by Gasteiger charge is 2.45. The molecule has 1 saturated heterocycles. The van der Waals surface area contributed by atoms with E-state index in [2.05, 4.69) is 10.6 Å². The molecular formula is C30H36N2O10. The molecule has 0 bridgehead atoms. The Morgan fingerprint density at radius 3 is 2.24 bits per heavy atom. The number of carbonyl (C=O) groups is 1. The first kappa shape index (κ1) is 30.9. The van der Waals surface area contributed by atoms with Crippen molar-refractivity contribution in [2.45, 2.75) is 50.6 Å². The van der Waals surface area contributed by atoms with E-state index in [1.54, 1.807) is 51.5 Å². The second-order valence-corrected chi connectivity index (χ2v) is 9.93. The predicted octanol–water partition coefficient (Wildman–Crippen LogP) is 1.81. The number of ether oxygens (including phenoxy) is 4. The largest absolute Gasteiger partial charge is 0.508 e. The van der Waals surface area contributed by atoms with Crippen molar-refractivity contribution in [2.24, 2.45) is 0 Å². The molecule has 3 aromatic rings. The molecule has 4 rings (SSSR count). The van der Waals surface area contributed by atoms with Crippen molar-refractivity contribution >= 4 is 11.7 Å². The molecule has 1 aliphatic rings. The zero-order valence-electron chi connectivity index (χ0n) is 23.5. The number of urea groups is 1. The highest BCUT2D eigenvalue weighted by atomic mass is 16.7. The lowest BCUT2D eigenvalue weighted by molar-refractivity contribution is -0.277. The minimum atomic E-state index is -1.60. The van der Waals surface area contributed by atoms with Gasteiger partial charge < -0.3 is 55.1 Å². The molecule has 7 N–H and O–H groups in total. The zero-order chi connectivity index (χ0) is 30.4. The number of aliphatic hydroxyl groups is 4. The summed E-state index contributed by atoms with van der Waals surface area (Å²) in [6.07, 6.45) is -6.88. The molecule has 42 heavy (non-hydrogen) atoms. The van der Waals surface area contributed by atoms with Gasteiger partial charge in [0.25, 0.3) is 0 Å². The van der Waals surface area contributed by atoms with Gasteiger partial charge in [0, 0.05) is 30.3 Å². The average Bonchev–Trinajstić information content (AvgIpc) is 2.98. The van der Waals surface area contributed by atoms with Crippen LogP contribution in [0.1, 0.15) is 22.3 Å². The number of carbonyl (C=O) groups excluding carboxylic acids is 1. The molecule has 12 heteroatoms. The summed E-state index contributed by atoms with van der Waals surface area (Å²) in [7, 11) is 3.10. The van der Waals surface area contributed by atoms with Crippen LogP contribution in [-0.2, 0) is 17.7 Å². The van der Waals surface area contributed by atoms with E-state index in [0.29, 0.717) is 34.7 Å². The third-order valence-electron chi connectivity index (χ3n) is 7.00. The molecule has 3 aromatic carbocycles. The number of benzene rings is 3. The van der Waals surface area contributed by atoms with Gasteiger partial charge in [0.2, 0.25) is 6.29 Å². The van der Waals surface area contributed by atoms with Gasteiger partial charge in [-0.1, -0.05) is 18.2 Å². The first-order chi connectivity index (χ1) is 20.1. The van der Waals surface area contributed by atoms with Gasteiger partial charge in [-0.3, -0.25) is 0 Å². The summed E-state index contributed by atoms with van der Waals surface area (Å²) in [6.45, 7) is 1.47. The molecule has 12 nitrogen and oxygen atoms in total. The summed E-state index contributed by atoms with van der Waals surface area (Å²) < 4.78 is 21.9. The first-order valence-corrected chi connectivity index (χ1v) is 13.3. The maximum absolute atomic E-state index is 12.5. The molecule has 0 spiro atoms. The van der Waals surface area contributed by atoms with E-state index in [9.17, 15) is 30.3 Å². The van der Waals surface area contributed by atoms with Crippen molar-refractivity contribution in [3.05, 3.63) is 76.9 Å². The molecule has 1 heterocycles. The van der Waals surface area contributed by atoms with Gasteiger partial charge in [0.15, 0.2) is 11.5 Å². The number of phenolic OH excluding ortho intramolecular Hbond substituents is 1. The van der Waals surface area contributed by atoms with Crippen LogP contribution < -0.4 is 24.8 Å². The average molecular weight is 585 g/mol. The molecule has 0 aliphatic carbocycles. The summed E-state index contributed by atoms with van der Waals surface area (Å²) >= 11 is 0. The second-order valence-electron chi connectivity index (χ2n) is 9.93. The van der Waals surface area contributed by atoms with E-state index in [0.717, 1.165) is 11.1 Å². The van der Waals surface area contributed by atoms with Crippen molar-refractivity contribution in [2.75, 3.05) is 26.1 Å². The van der Waals surface area contributed by atoms with Crippen LogP contribution in [0.4, 0.5) is 10.5 Å². The molecule has 1 fully saturated rings. The lowest BCUT2D eigenvalue weighted by Crippen LogP contribution is -2.60. The van der Waals surface area contributed by atoms with E-state index < -0.39 is 37.3 Å². The topological polar surface area (TPSA) is 179 Å². The number of aryl methyl sites for hydroxylation is 1. The molecule has 0 saturated carbocycles. The van der Waals surface area contributed by atoms with Crippen molar-refractivity contribution in [1.82, 2.24) is 5.32 Å². The van der Waals surface area contributed by atoms with Crippen LogP contribution >= 0.6 is 0 Å². The normalized spacial score (nSPS) is 21.8. The Bertz CT molecular complexity index is 1360. The van der Waals surface area contributed by atoms with Crippen molar-refractivity contribution in [3.8, 4) is 23.0 Å². The van der Waals surface area contributed by atoms with Crippen molar-refractivity contribution < 1.29 is 49.3 Å². The van der Waals surface area contributed by atoms with Gasteiger partial charge in [0.05, 0.1) is 20.8 Å². The maximum atomic E-state index is 12.5. The predicted molar refractivity (Wildman–Crippen MR) is 152 cm³/mol. The Morgan fingerprint density at radius 1 is 0.881 bits per heavy atom. The summed E-state index contributed by atoms with van der Waals surface area (Å²) in [6, 6.07) is 15.1. The number of nitrogens with one attached hydrogen (secondary N) is 2. The number of phenols is 1. The van der Waals surface area contributed by atoms with Gasteiger partial charge in [-0.05, 0) is 53.9 Å². The molecule has 2 amide bonds. The van der Waals surface area contributed by atoms with E-state index >= 15 is 0 Å². The fourth-order valence-corrected chi connectivity index (χ4v) is 4.65. The lowest BCUT2D eigenvalue weighted by atomic mass is 9.98. The van der Waals surface area contributed by atoms with E-state index in [1.807, 2.05) is 18.2 Å². The highest BCUT2D eigenvalue weighted by Crippen LogP contribution is 2.33. The fourth-order valence-electron chi connectivity index (χ4n) is 4.65. The van der Waals surface area contributed by atoms with Crippen LogP contribution in [-0.4, -0.2) is 83.1 Å². The minimum Gasteiger partial charge on any atom is -0.508 e. The molecule has 5 atom stereocenters. The quantitative estimate of drug-likeness (QED) is 0.186. The van der Waals surface area contributed by atoms with Crippen LogP contribution in [0.15, 0.2) is 54.6 Å². The lowest BCUT2D eigenvalue weighted by Gasteiger charge is -2.39. The third kappa shape index (κ3) is 7.22.